The highest BCUT2D eigenvalue weighted by Gasteiger charge is 1.85. The summed E-state index contributed by atoms with van der Waals surface area (Å²) >= 11 is 0. The smallest absolute Gasteiger partial charge is 0.0996 e. The van der Waals surface area contributed by atoms with Crippen molar-refractivity contribution in [3.8, 4) is 0 Å². The van der Waals surface area contributed by atoms with Gasteiger partial charge in [0.25, 0.3) is 0 Å². The van der Waals surface area contributed by atoms with Crippen LogP contribution in [0.2, 0.25) is 0 Å². The van der Waals surface area contributed by atoms with E-state index < -0.39 is 0 Å². The van der Waals surface area contributed by atoms with Crippen LogP contribution in [-0.2, 0) is 0 Å². The normalized spacial score (nSPS) is 14.0. The Hall–Kier alpha value is -0.590. The van der Waals surface area contributed by atoms with Crippen LogP contribution in [0.5, 0.6) is 0 Å². The minimum absolute atomic E-state index is 0.0483. The molecule has 0 aromatic carbocycles. The molecule has 0 N–H and O–H groups in total. The van der Waals surface area contributed by atoms with Gasteiger partial charge in [0, 0.05) is 0 Å². The van der Waals surface area contributed by atoms with E-state index in [1.165, 1.54) is 5.57 Å². The third kappa shape index (κ3) is 4.30. The van der Waals surface area contributed by atoms with E-state index in [0.717, 1.165) is 6.42 Å². The highest BCUT2D eigenvalue weighted by Crippen LogP contribution is 2.04. The summed E-state index contributed by atoms with van der Waals surface area (Å²) < 4.78 is 12.4. The summed E-state index contributed by atoms with van der Waals surface area (Å²) in [5, 5.41) is 0. The summed E-state index contributed by atoms with van der Waals surface area (Å²) in [6.45, 7) is 5.86. The molecule has 0 saturated heterocycles. The van der Waals surface area contributed by atoms with Crippen LogP contribution < -0.4 is 0 Å². The Kier molecular flexibility index (Phi) is 4.91. The predicted molar refractivity (Wildman–Crippen MR) is 43.5 cm³/mol. The first-order chi connectivity index (χ1) is 4.70. The van der Waals surface area contributed by atoms with E-state index in [9.17, 15) is 4.39 Å². The van der Waals surface area contributed by atoms with E-state index in [1.807, 2.05) is 13.0 Å². The molecule has 1 heteroatoms. The van der Waals surface area contributed by atoms with Crippen LogP contribution in [0, 0.1) is 0 Å². The van der Waals surface area contributed by atoms with Crippen LogP contribution in [0.25, 0.3) is 0 Å². The summed E-state index contributed by atoms with van der Waals surface area (Å²) in [7, 11) is 0. The lowest BCUT2D eigenvalue weighted by Crippen LogP contribution is -1.70. The molecule has 10 heavy (non-hydrogen) atoms. The van der Waals surface area contributed by atoms with E-state index in [4.69, 9.17) is 0 Å². The summed E-state index contributed by atoms with van der Waals surface area (Å²) in [4.78, 5) is 0. The molecule has 58 valence electrons. The Morgan fingerprint density at radius 2 is 1.80 bits per heavy atom. The molecule has 0 nitrogen and oxygen atoms in total. The number of rotatable bonds is 3. The van der Waals surface area contributed by atoms with Crippen molar-refractivity contribution in [3.05, 3.63) is 23.6 Å². The molecular weight excluding hydrogens is 127 g/mol. The maximum Gasteiger partial charge on any atom is 0.0996 e. The fraction of sp³-hybridized carbons (Fsp3) is 0.556. The van der Waals surface area contributed by atoms with Gasteiger partial charge in [0.2, 0.25) is 0 Å². The zero-order valence-electron chi connectivity index (χ0n) is 6.95. The second kappa shape index (κ2) is 5.21. The molecule has 0 aromatic heterocycles. The number of hydrogen-bond acceptors (Lipinski definition) is 0. The Labute approximate surface area is 62.4 Å². The fourth-order valence-corrected chi connectivity index (χ4v) is 0.468. The molecule has 0 spiro atoms. The van der Waals surface area contributed by atoms with Gasteiger partial charge in [-0.15, -0.1) is 0 Å². The van der Waals surface area contributed by atoms with Crippen molar-refractivity contribution in [1.29, 1.82) is 0 Å². The van der Waals surface area contributed by atoms with Crippen molar-refractivity contribution in [1.82, 2.24) is 0 Å². The van der Waals surface area contributed by atoms with E-state index in [0.29, 0.717) is 6.42 Å². The van der Waals surface area contributed by atoms with Crippen LogP contribution in [0.1, 0.15) is 33.6 Å². The minimum Gasteiger partial charge on any atom is -0.212 e. The average molecular weight is 142 g/mol. The van der Waals surface area contributed by atoms with Crippen molar-refractivity contribution in [2.45, 2.75) is 33.6 Å². The monoisotopic (exact) mass is 142 g/mol. The van der Waals surface area contributed by atoms with Gasteiger partial charge in [-0.3, -0.25) is 0 Å². The molecule has 0 atom stereocenters. The van der Waals surface area contributed by atoms with Crippen LogP contribution in [-0.4, -0.2) is 0 Å². The molecule has 0 amide bonds. The molecule has 0 aromatic rings. The highest BCUT2D eigenvalue weighted by atomic mass is 19.1. The lowest BCUT2D eigenvalue weighted by atomic mass is 10.2. The molecule has 0 aliphatic rings. The van der Waals surface area contributed by atoms with Gasteiger partial charge in [-0.1, -0.05) is 25.5 Å². The largest absolute Gasteiger partial charge is 0.212 e. The Morgan fingerprint density at radius 1 is 1.20 bits per heavy atom. The highest BCUT2D eigenvalue weighted by molar-refractivity contribution is 5.12. The van der Waals surface area contributed by atoms with Gasteiger partial charge >= 0.3 is 0 Å². The van der Waals surface area contributed by atoms with E-state index >= 15 is 0 Å². The molecule has 0 bridgehead atoms. The molecule has 0 aliphatic carbocycles. The number of halogens is 1. The third-order valence-electron chi connectivity index (χ3n) is 1.44. The molecule has 0 saturated carbocycles. The topological polar surface area (TPSA) is 0 Å². The minimum atomic E-state index is -0.0483. The van der Waals surface area contributed by atoms with Gasteiger partial charge in [0.15, 0.2) is 0 Å². The third-order valence-corrected chi connectivity index (χ3v) is 1.44. The molecule has 0 rings (SSSR count). The lowest BCUT2D eigenvalue weighted by molar-refractivity contribution is 0.604. The van der Waals surface area contributed by atoms with E-state index in [-0.39, 0.29) is 5.83 Å². The lowest BCUT2D eigenvalue weighted by Gasteiger charge is -1.90. The van der Waals surface area contributed by atoms with Gasteiger partial charge in [0.1, 0.15) is 0 Å². The van der Waals surface area contributed by atoms with Crippen LogP contribution in [0.15, 0.2) is 23.6 Å². The first-order valence-corrected chi connectivity index (χ1v) is 3.72. The van der Waals surface area contributed by atoms with Crippen LogP contribution in [0.3, 0.4) is 0 Å². The van der Waals surface area contributed by atoms with Crippen LogP contribution >= 0.6 is 0 Å². The van der Waals surface area contributed by atoms with Crippen molar-refractivity contribution >= 4 is 0 Å². The SMILES string of the molecule is CC/C(C)=C/C=C(/F)CC. The number of hydrogen-bond donors (Lipinski definition) is 0. The van der Waals surface area contributed by atoms with Gasteiger partial charge in [-0.25, -0.2) is 4.39 Å². The Balaban J connectivity index is 3.91. The maximum atomic E-state index is 12.4. The zero-order valence-corrected chi connectivity index (χ0v) is 6.95. The summed E-state index contributed by atoms with van der Waals surface area (Å²) in [5.41, 5.74) is 1.21. The number of allylic oxidation sites excluding steroid dienone is 4. The molecule has 0 aliphatic heterocycles. The van der Waals surface area contributed by atoms with Crippen molar-refractivity contribution in [3.63, 3.8) is 0 Å². The summed E-state index contributed by atoms with van der Waals surface area (Å²) in [6.07, 6.45) is 4.86. The van der Waals surface area contributed by atoms with Crippen molar-refractivity contribution in [2.24, 2.45) is 0 Å². The van der Waals surface area contributed by atoms with E-state index in [2.05, 4.69) is 6.92 Å². The fourth-order valence-electron chi connectivity index (χ4n) is 0.468. The Bertz CT molecular complexity index is 125. The van der Waals surface area contributed by atoms with Gasteiger partial charge in [-0.2, -0.15) is 0 Å². The second-order valence-electron chi connectivity index (χ2n) is 2.33. The zero-order chi connectivity index (χ0) is 7.98. The molecule has 0 heterocycles. The van der Waals surface area contributed by atoms with E-state index in [1.54, 1.807) is 13.0 Å². The first kappa shape index (κ1) is 9.41. The molecular formula is C9H15F. The van der Waals surface area contributed by atoms with Crippen LogP contribution in [0.4, 0.5) is 4.39 Å². The van der Waals surface area contributed by atoms with Gasteiger partial charge < -0.3 is 0 Å². The second-order valence-corrected chi connectivity index (χ2v) is 2.33. The molecule has 0 fully saturated rings. The Morgan fingerprint density at radius 3 is 2.20 bits per heavy atom. The molecule has 0 radical (unpaired) electrons. The average Bonchev–Trinajstić information content (AvgIpc) is 1.99. The predicted octanol–water partition coefficient (Wildman–Crippen LogP) is 3.61. The van der Waals surface area contributed by atoms with Gasteiger partial charge in [-0.05, 0) is 25.8 Å². The standard InChI is InChI=1S/C9H15F/c1-4-8(3)6-7-9(10)5-2/h6-7H,4-5H2,1-3H3/b8-6+,9-7+. The summed E-state index contributed by atoms with van der Waals surface area (Å²) in [6, 6.07) is 0. The first-order valence-electron chi connectivity index (χ1n) is 3.72. The van der Waals surface area contributed by atoms with Gasteiger partial charge in [0.05, 0.1) is 5.83 Å². The summed E-state index contributed by atoms with van der Waals surface area (Å²) in [5.74, 6) is -0.0483. The van der Waals surface area contributed by atoms with Crippen molar-refractivity contribution < 1.29 is 4.39 Å². The maximum absolute atomic E-state index is 12.4. The quantitative estimate of drug-likeness (QED) is 0.528. The molecule has 0 unspecified atom stereocenters. The van der Waals surface area contributed by atoms with Crippen molar-refractivity contribution in [2.75, 3.05) is 0 Å².